The van der Waals surface area contributed by atoms with Gasteiger partial charge in [-0.1, -0.05) is 13.8 Å². The van der Waals surface area contributed by atoms with Crippen molar-refractivity contribution in [2.45, 2.75) is 20.3 Å². The van der Waals surface area contributed by atoms with Crippen LogP contribution in [0.4, 0.5) is 0 Å². The maximum absolute atomic E-state index is 11.8. The lowest BCUT2D eigenvalue weighted by Crippen LogP contribution is -2.29. The Balaban J connectivity index is 1.81. The number of hydrogen-bond donors (Lipinski definition) is 3. The highest BCUT2D eigenvalue weighted by molar-refractivity contribution is 5.91. The molecular formula is C11H16N4O3. The van der Waals surface area contributed by atoms with E-state index in [2.05, 4.69) is 20.5 Å². The number of nitrogens with zero attached hydrogens (tertiary/aromatic N) is 2. The summed E-state index contributed by atoms with van der Waals surface area (Å²) in [4.78, 5) is 26.7. The Morgan fingerprint density at radius 2 is 2.22 bits per heavy atom. The van der Waals surface area contributed by atoms with Crippen molar-refractivity contribution in [1.29, 1.82) is 0 Å². The molecule has 1 aliphatic rings. The quantitative estimate of drug-likeness (QED) is 0.673. The zero-order valence-corrected chi connectivity index (χ0v) is 10.3. The van der Waals surface area contributed by atoms with Gasteiger partial charge < -0.3 is 10.4 Å². The molecule has 7 heteroatoms. The summed E-state index contributed by atoms with van der Waals surface area (Å²) in [6, 6.07) is 0. The molecule has 0 bridgehead atoms. The van der Waals surface area contributed by atoms with Crippen LogP contribution in [-0.4, -0.2) is 38.7 Å². The molecule has 2 unspecified atom stereocenters. The highest BCUT2D eigenvalue weighted by Crippen LogP contribution is 2.58. The minimum atomic E-state index is -0.907. The number of H-pyrrole nitrogens is 1. The number of carboxylic acids is 1. The second kappa shape index (κ2) is 4.40. The van der Waals surface area contributed by atoms with Crippen molar-refractivity contribution in [1.82, 2.24) is 20.5 Å². The van der Waals surface area contributed by atoms with Crippen LogP contribution in [0.15, 0.2) is 6.33 Å². The molecular weight excluding hydrogens is 236 g/mol. The van der Waals surface area contributed by atoms with Gasteiger partial charge >= 0.3 is 5.97 Å². The second-order valence-corrected chi connectivity index (χ2v) is 5.09. The normalized spacial score (nSPS) is 24.6. The molecule has 0 radical (unpaired) electrons. The van der Waals surface area contributed by atoms with E-state index in [4.69, 9.17) is 5.11 Å². The van der Waals surface area contributed by atoms with Crippen molar-refractivity contribution in [3.8, 4) is 0 Å². The monoisotopic (exact) mass is 252 g/mol. The van der Waals surface area contributed by atoms with Crippen LogP contribution in [0.3, 0.4) is 0 Å². The summed E-state index contributed by atoms with van der Waals surface area (Å²) in [5.41, 5.74) is -0.456. The summed E-state index contributed by atoms with van der Waals surface area (Å²) in [5, 5.41) is 18.1. The number of nitrogens with one attached hydrogen (secondary N) is 2. The van der Waals surface area contributed by atoms with E-state index in [0.717, 1.165) is 0 Å². The summed E-state index contributed by atoms with van der Waals surface area (Å²) in [5.74, 6) is -1.44. The molecule has 0 saturated heterocycles. The number of amides is 1. The molecule has 0 aromatic carbocycles. The lowest BCUT2D eigenvalue weighted by atomic mass is 10.1. The molecule has 98 valence electrons. The maximum atomic E-state index is 11.8. The van der Waals surface area contributed by atoms with Gasteiger partial charge in [0, 0.05) is 13.0 Å². The van der Waals surface area contributed by atoms with Gasteiger partial charge in [-0.25, -0.2) is 4.98 Å². The summed E-state index contributed by atoms with van der Waals surface area (Å²) in [7, 11) is 0. The molecule has 1 aliphatic carbocycles. The van der Waals surface area contributed by atoms with Crippen LogP contribution in [0.5, 0.6) is 0 Å². The number of aliphatic carboxylic acids is 1. The third kappa shape index (κ3) is 2.20. The van der Waals surface area contributed by atoms with Crippen molar-refractivity contribution in [3.63, 3.8) is 0 Å². The molecule has 1 saturated carbocycles. The standard InChI is InChI=1S/C11H16N4O3/c1-11(2)7(8(11)10(17)18)9(16)12-4-3-6-13-5-14-15-6/h5,7-8H,3-4H2,1-2H3,(H,12,16)(H,17,18)(H,13,14,15). The van der Waals surface area contributed by atoms with E-state index in [-0.39, 0.29) is 5.91 Å². The Morgan fingerprint density at radius 3 is 2.72 bits per heavy atom. The predicted molar refractivity (Wildman–Crippen MR) is 61.5 cm³/mol. The number of hydrogen-bond acceptors (Lipinski definition) is 4. The fraction of sp³-hybridized carbons (Fsp3) is 0.636. The van der Waals surface area contributed by atoms with Gasteiger partial charge in [0.15, 0.2) is 0 Å². The lowest BCUT2D eigenvalue weighted by Gasteiger charge is -2.04. The molecule has 1 fully saturated rings. The molecule has 1 heterocycles. The van der Waals surface area contributed by atoms with E-state index in [1.807, 2.05) is 0 Å². The Kier molecular flexibility index (Phi) is 3.06. The van der Waals surface area contributed by atoms with Gasteiger partial charge in [0.2, 0.25) is 5.91 Å². The molecule has 1 aromatic heterocycles. The van der Waals surface area contributed by atoms with Crippen LogP contribution in [0, 0.1) is 17.3 Å². The molecule has 1 aromatic rings. The SMILES string of the molecule is CC1(C)C(C(=O)O)C1C(=O)NCCc1ncn[nH]1. The fourth-order valence-corrected chi connectivity index (χ4v) is 2.35. The van der Waals surface area contributed by atoms with Crippen LogP contribution in [-0.2, 0) is 16.0 Å². The van der Waals surface area contributed by atoms with E-state index in [1.165, 1.54) is 6.33 Å². The Labute approximate surface area is 104 Å². The first-order valence-corrected chi connectivity index (χ1v) is 5.79. The molecule has 0 spiro atoms. The highest BCUT2D eigenvalue weighted by atomic mass is 16.4. The third-order valence-electron chi connectivity index (χ3n) is 3.50. The Hall–Kier alpha value is -1.92. The van der Waals surface area contributed by atoms with Crippen LogP contribution in [0.2, 0.25) is 0 Å². The average molecular weight is 252 g/mol. The minimum absolute atomic E-state index is 0.202. The Morgan fingerprint density at radius 1 is 1.50 bits per heavy atom. The number of aromatic amines is 1. The number of carbonyl (C=O) groups is 2. The molecule has 2 rings (SSSR count). The summed E-state index contributed by atoms with van der Waals surface area (Å²) < 4.78 is 0. The van der Waals surface area contributed by atoms with Gasteiger partial charge in [-0.2, -0.15) is 5.10 Å². The molecule has 0 aliphatic heterocycles. The van der Waals surface area contributed by atoms with Crippen molar-refractivity contribution in [3.05, 3.63) is 12.2 Å². The summed E-state index contributed by atoms with van der Waals surface area (Å²) >= 11 is 0. The second-order valence-electron chi connectivity index (χ2n) is 5.09. The first-order valence-electron chi connectivity index (χ1n) is 5.79. The van der Waals surface area contributed by atoms with E-state index < -0.39 is 23.2 Å². The van der Waals surface area contributed by atoms with Crippen LogP contribution >= 0.6 is 0 Å². The van der Waals surface area contributed by atoms with E-state index in [9.17, 15) is 9.59 Å². The zero-order valence-electron chi connectivity index (χ0n) is 10.3. The number of carboxylic acid groups (broad SMARTS) is 1. The molecule has 18 heavy (non-hydrogen) atoms. The van der Waals surface area contributed by atoms with Crippen LogP contribution in [0.1, 0.15) is 19.7 Å². The topological polar surface area (TPSA) is 108 Å². The van der Waals surface area contributed by atoms with Crippen molar-refractivity contribution in [2.24, 2.45) is 17.3 Å². The van der Waals surface area contributed by atoms with E-state index in [1.54, 1.807) is 13.8 Å². The fourth-order valence-electron chi connectivity index (χ4n) is 2.35. The van der Waals surface area contributed by atoms with Crippen molar-refractivity contribution in [2.75, 3.05) is 6.54 Å². The van der Waals surface area contributed by atoms with Gasteiger partial charge in [-0.05, 0) is 5.41 Å². The van der Waals surface area contributed by atoms with Crippen LogP contribution in [0.25, 0.3) is 0 Å². The lowest BCUT2D eigenvalue weighted by molar-refractivity contribution is -0.140. The van der Waals surface area contributed by atoms with E-state index in [0.29, 0.717) is 18.8 Å². The highest BCUT2D eigenvalue weighted by Gasteiger charge is 2.65. The van der Waals surface area contributed by atoms with E-state index >= 15 is 0 Å². The summed E-state index contributed by atoms with van der Waals surface area (Å²) in [6.07, 6.45) is 1.96. The number of rotatable bonds is 5. The molecule has 7 nitrogen and oxygen atoms in total. The van der Waals surface area contributed by atoms with Crippen molar-refractivity contribution < 1.29 is 14.7 Å². The number of aromatic nitrogens is 3. The molecule has 1 amide bonds. The minimum Gasteiger partial charge on any atom is -0.481 e. The van der Waals surface area contributed by atoms with Gasteiger partial charge in [0.05, 0.1) is 11.8 Å². The smallest absolute Gasteiger partial charge is 0.307 e. The Bertz CT molecular complexity index is 455. The van der Waals surface area contributed by atoms with Crippen molar-refractivity contribution >= 4 is 11.9 Å². The molecule has 3 N–H and O–H groups in total. The zero-order chi connectivity index (χ0) is 13.3. The largest absolute Gasteiger partial charge is 0.481 e. The van der Waals surface area contributed by atoms with Gasteiger partial charge in [-0.15, -0.1) is 0 Å². The number of carbonyl (C=O) groups excluding carboxylic acids is 1. The first kappa shape index (κ1) is 12.5. The third-order valence-corrected chi connectivity index (χ3v) is 3.50. The first-order chi connectivity index (χ1) is 8.44. The van der Waals surface area contributed by atoms with Gasteiger partial charge in [0.25, 0.3) is 0 Å². The van der Waals surface area contributed by atoms with Crippen LogP contribution < -0.4 is 5.32 Å². The van der Waals surface area contributed by atoms with Gasteiger partial charge in [0.1, 0.15) is 12.2 Å². The average Bonchev–Trinajstić information content (AvgIpc) is 2.65. The predicted octanol–water partition coefficient (Wildman–Crippen LogP) is -0.180. The van der Waals surface area contributed by atoms with Gasteiger partial charge in [-0.3, -0.25) is 14.7 Å². The maximum Gasteiger partial charge on any atom is 0.307 e. The molecule has 2 atom stereocenters. The summed E-state index contributed by atoms with van der Waals surface area (Å²) in [6.45, 7) is 4.02.